The van der Waals surface area contributed by atoms with Crippen LogP contribution in [0.15, 0.2) is 47.3 Å². The highest BCUT2D eigenvalue weighted by Crippen LogP contribution is 2.35. The molecule has 28 heavy (non-hydrogen) atoms. The third-order valence-corrected chi connectivity index (χ3v) is 5.75. The summed E-state index contributed by atoms with van der Waals surface area (Å²) < 4.78 is 6.97. The van der Waals surface area contributed by atoms with Crippen molar-refractivity contribution in [2.75, 3.05) is 25.0 Å². The van der Waals surface area contributed by atoms with Crippen LogP contribution in [0.1, 0.15) is 35.3 Å². The number of nitrogens with zero attached hydrogens (tertiary/aromatic N) is 2. The Morgan fingerprint density at radius 2 is 2.04 bits per heavy atom. The second-order valence-electron chi connectivity index (χ2n) is 7.33. The molecule has 0 unspecified atom stereocenters. The fraction of sp³-hybridized carbons (Fsp3) is 0.381. The van der Waals surface area contributed by atoms with Gasteiger partial charge in [-0.3, -0.25) is 4.79 Å². The second kappa shape index (κ2) is 7.75. The highest BCUT2D eigenvalue weighted by atomic mass is 32.1. The molecule has 2 bridgehead atoms. The molecule has 0 radical (unpaired) electrons. The van der Waals surface area contributed by atoms with Gasteiger partial charge in [0.05, 0.1) is 12.2 Å². The van der Waals surface area contributed by atoms with Crippen LogP contribution in [0, 0.1) is 5.92 Å². The number of aromatic nitrogens is 1. The average molecular weight is 398 g/mol. The van der Waals surface area contributed by atoms with Crippen molar-refractivity contribution < 1.29 is 9.53 Å². The van der Waals surface area contributed by atoms with Crippen molar-refractivity contribution >= 4 is 29.0 Å². The van der Waals surface area contributed by atoms with Gasteiger partial charge < -0.3 is 19.5 Å². The number of benzene rings is 1. The molecule has 2 atom stereocenters. The van der Waals surface area contributed by atoms with Gasteiger partial charge >= 0.3 is 5.97 Å². The van der Waals surface area contributed by atoms with Crippen molar-refractivity contribution in [1.82, 2.24) is 9.47 Å². The largest absolute Gasteiger partial charge is 0.462 e. The summed E-state index contributed by atoms with van der Waals surface area (Å²) >= 11 is 5.65. The van der Waals surface area contributed by atoms with E-state index in [0.29, 0.717) is 29.1 Å². The maximum atomic E-state index is 12.2. The molecular weight excluding hydrogens is 374 g/mol. The van der Waals surface area contributed by atoms with E-state index in [4.69, 9.17) is 17.0 Å². The smallest absolute Gasteiger partial charge is 0.338 e. The predicted octanol–water partition coefficient (Wildman–Crippen LogP) is 2.84. The molecule has 0 aliphatic carbocycles. The van der Waals surface area contributed by atoms with Crippen molar-refractivity contribution in [3.05, 3.63) is 64.1 Å². The summed E-state index contributed by atoms with van der Waals surface area (Å²) in [4.78, 5) is 26.3. The van der Waals surface area contributed by atoms with Crippen molar-refractivity contribution in [2.24, 2.45) is 5.92 Å². The van der Waals surface area contributed by atoms with Crippen LogP contribution >= 0.6 is 12.2 Å². The molecule has 2 aliphatic heterocycles. The van der Waals surface area contributed by atoms with Gasteiger partial charge in [0.15, 0.2) is 5.11 Å². The SMILES string of the molecule is CCOC(=O)c1cccc(NC(=S)N2C[C@H]3C[C@@H](C2)c2cccc(=O)n2C3)c1. The molecule has 6 nitrogen and oxygen atoms in total. The number of anilines is 1. The van der Waals surface area contributed by atoms with E-state index in [1.807, 2.05) is 28.8 Å². The summed E-state index contributed by atoms with van der Waals surface area (Å²) in [5, 5.41) is 3.90. The Morgan fingerprint density at radius 3 is 2.86 bits per heavy atom. The number of hydrogen-bond acceptors (Lipinski definition) is 4. The van der Waals surface area contributed by atoms with Gasteiger partial charge in [-0.2, -0.15) is 0 Å². The summed E-state index contributed by atoms with van der Waals surface area (Å²) in [5.41, 5.74) is 2.44. The van der Waals surface area contributed by atoms with Gasteiger partial charge in [-0.05, 0) is 55.7 Å². The minimum atomic E-state index is -0.341. The molecule has 2 aliphatic rings. The number of likely N-dealkylation sites (tertiary alicyclic amines) is 1. The van der Waals surface area contributed by atoms with E-state index in [2.05, 4.69) is 10.2 Å². The standard InChI is InChI=1S/C21H23N3O3S/c1-2-27-20(26)15-5-3-6-17(10-15)22-21(28)23-11-14-9-16(13-23)18-7-4-8-19(25)24(18)12-14/h3-8,10,14,16H,2,9,11-13H2,1H3,(H,22,28)/t14-,16+/m1/s1. The van der Waals surface area contributed by atoms with Crippen LogP contribution in [-0.2, 0) is 11.3 Å². The zero-order chi connectivity index (χ0) is 19.7. The predicted molar refractivity (Wildman–Crippen MR) is 112 cm³/mol. The van der Waals surface area contributed by atoms with E-state index in [0.717, 1.165) is 37.4 Å². The van der Waals surface area contributed by atoms with Crippen molar-refractivity contribution in [2.45, 2.75) is 25.8 Å². The van der Waals surface area contributed by atoms with E-state index in [1.54, 1.807) is 25.1 Å². The number of carbonyl (C=O) groups excluding carboxylic acids is 1. The number of esters is 1. The van der Waals surface area contributed by atoms with Crippen LogP contribution in [0.25, 0.3) is 0 Å². The lowest BCUT2D eigenvalue weighted by atomic mass is 9.83. The molecule has 4 rings (SSSR count). The molecule has 146 valence electrons. The normalized spacial score (nSPS) is 20.2. The van der Waals surface area contributed by atoms with Crippen LogP contribution in [0.4, 0.5) is 5.69 Å². The fourth-order valence-electron chi connectivity index (χ4n) is 4.20. The van der Waals surface area contributed by atoms with E-state index in [1.165, 1.54) is 0 Å². The minimum Gasteiger partial charge on any atom is -0.462 e. The Morgan fingerprint density at radius 1 is 1.21 bits per heavy atom. The van der Waals surface area contributed by atoms with Gasteiger partial charge in [0, 0.05) is 43.0 Å². The van der Waals surface area contributed by atoms with E-state index in [9.17, 15) is 9.59 Å². The number of fused-ring (bicyclic) bond motifs is 4. The molecule has 1 aromatic carbocycles. The first-order valence-corrected chi connectivity index (χ1v) is 9.99. The van der Waals surface area contributed by atoms with Gasteiger partial charge in [0.2, 0.25) is 0 Å². The number of thiocarbonyl (C=S) groups is 1. The highest BCUT2D eigenvalue weighted by molar-refractivity contribution is 7.80. The van der Waals surface area contributed by atoms with Crippen molar-refractivity contribution in [1.29, 1.82) is 0 Å². The molecular formula is C21H23N3O3S. The summed E-state index contributed by atoms with van der Waals surface area (Å²) in [6.45, 7) is 4.47. The van der Waals surface area contributed by atoms with Crippen LogP contribution in [-0.4, -0.2) is 40.2 Å². The zero-order valence-corrected chi connectivity index (χ0v) is 16.6. The molecule has 0 saturated carbocycles. The lowest BCUT2D eigenvalue weighted by molar-refractivity contribution is 0.0526. The molecule has 1 saturated heterocycles. The second-order valence-corrected chi connectivity index (χ2v) is 7.72. The number of carbonyl (C=O) groups is 1. The van der Waals surface area contributed by atoms with Gasteiger partial charge in [-0.15, -0.1) is 0 Å². The number of rotatable bonds is 3. The molecule has 3 heterocycles. The lowest BCUT2D eigenvalue weighted by Crippen LogP contribution is -2.50. The number of nitrogens with one attached hydrogen (secondary N) is 1. The maximum absolute atomic E-state index is 12.2. The van der Waals surface area contributed by atoms with Crippen LogP contribution in [0.3, 0.4) is 0 Å². The number of pyridine rings is 1. The van der Waals surface area contributed by atoms with Gasteiger partial charge in [-0.1, -0.05) is 12.1 Å². The summed E-state index contributed by atoms with van der Waals surface area (Å²) in [6, 6.07) is 12.7. The van der Waals surface area contributed by atoms with E-state index < -0.39 is 0 Å². The van der Waals surface area contributed by atoms with Crippen molar-refractivity contribution in [3.63, 3.8) is 0 Å². The van der Waals surface area contributed by atoms with E-state index >= 15 is 0 Å². The maximum Gasteiger partial charge on any atom is 0.338 e. The first-order valence-electron chi connectivity index (χ1n) is 9.58. The number of hydrogen-bond donors (Lipinski definition) is 1. The summed E-state index contributed by atoms with van der Waals surface area (Å²) in [6.07, 6.45) is 1.08. The number of piperidine rings is 1. The molecule has 2 aromatic rings. The Balaban J connectivity index is 1.48. The Kier molecular flexibility index (Phi) is 5.17. The number of ether oxygens (including phenoxy) is 1. The fourth-order valence-corrected chi connectivity index (χ4v) is 4.47. The Labute approximate surface area is 169 Å². The molecule has 7 heteroatoms. The summed E-state index contributed by atoms with van der Waals surface area (Å²) in [5.74, 6) is 0.357. The Hall–Kier alpha value is -2.67. The zero-order valence-electron chi connectivity index (χ0n) is 15.8. The van der Waals surface area contributed by atoms with E-state index in [-0.39, 0.29) is 11.5 Å². The van der Waals surface area contributed by atoms with Crippen LogP contribution < -0.4 is 10.9 Å². The minimum absolute atomic E-state index is 0.0807. The average Bonchev–Trinajstić information content (AvgIpc) is 2.69. The quantitative estimate of drug-likeness (QED) is 0.635. The molecule has 0 amide bonds. The topological polar surface area (TPSA) is 63.6 Å². The molecule has 1 fully saturated rings. The Bertz CT molecular complexity index is 971. The van der Waals surface area contributed by atoms with Crippen LogP contribution in [0.5, 0.6) is 0 Å². The first-order chi connectivity index (χ1) is 13.5. The summed E-state index contributed by atoms with van der Waals surface area (Å²) in [7, 11) is 0. The molecule has 1 aromatic heterocycles. The first kappa shape index (κ1) is 18.7. The molecule has 0 spiro atoms. The van der Waals surface area contributed by atoms with Crippen LogP contribution in [0.2, 0.25) is 0 Å². The third kappa shape index (κ3) is 3.67. The third-order valence-electron chi connectivity index (χ3n) is 5.39. The van der Waals surface area contributed by atoms with Crippen molar-refractivity contribution in [3.8, 4) is 0 Å². The monoisotopic (exact) mass is 397 g/mol. The molecule has 1 N–H and O–H groups in total. The highest BCUT2D eigenvalue weighted by Gasteiger charge is 2.35. The van der Waals surface area contributed by atoms with Gasteiger partial charge in [0.1, 0.15) is 0 Å². The van der Waals surface area contributed by atoms with Gasteiger partial charge in [0.25, 0.3) is 5.56 Å². The lowest BCUT2D eigenvalue weighted by Gasteiger charge is -2.43. The van der Waals surface area contributed by atoms with Gasteiger partial charge in [-0.25, -0.2) is 4.79 Å².